The Morgan fingerprint density at radius 3 is 2.34 bits per heavy atom. The van der Waals surface area contributed by atoms with Crippen molar-refractivity contribution >= 4 is 27.8 Å². The fraction of sp³-hybridized carbons (Fsp3) is 0.435. The maximum Gasteiger partial charge on any atom is 0.239 e. The fourth-order valence-electron chi connectivity index (χ4n) is 3.06. The molecular formula is C23H30FN3O4S. The lowest BCUT2D eigenvalue weighted by molar-refractivity contribution is -0.116. The van der Waals surface area contributed by atoms with Gasteiger partial charge in [0.1, 0.15) is 5.82 Å². The maximum atomic E-state index is 13.5. The molecule has 0 fully saturated rings. The van der Waals surface area contributed by atoms with Crippen LogP contribution in [0.1, 0.15) is 50.8 Å². The first kappa shape index (κ1) is 25.6. The molecule has 1 aromatic heterocycles. The Labute approximate surface area is 189 Å². The zero-order valence-electron chi connectivity index (χ0n) is 19.3. The molecule has 0 amide bonds. The van der Waals surface area contributed by atoms with Crippen molar-refractivity contribution in [3.05, 3.63) is 47.4 Å². The molecule has 174 valence electrons. The van der Waals surface area contributed by atoms with Crippen LogP contribution in [0, 0.1) is 5.82 Å². The largest absolute Gasteiger partial charge is 0.381 e. The lowest BCUT2D eigenvalue weighted by Crippen LogP contribution is -2.27. The van der Waals surface area contributed by atoms with Gasteiger partial charge in [0, 0.05) is 31.7 Å². The Hall–Kier alpha value is -2.65. The Bertz CT molecular complexity index is 1080. The molecule has 0 aliphatic carbocycles. The topological polar surface area (TPSA) is 89.5 Å². The van der Waals surface area contributed by atoms with Gasteiger partial charge in [0.15, 0.2) is 5.78 Å². The first-order valence-electron chi connectivity index (χ1n) is 10.3. The minimum absolute atomic E-state index is 0.00410. The third-order valence-corrected chi connectivity index (χ3v) is 6.22. The first-order valence-corrected chi connectivity index (χ1v) is 12.2. The number of nitrogens with zero attached hydrogens (tertiary/aromatic N) is 3. The van der Waals surface area contributed by atoms with Crippen LogP contribution >= 0.6 is 0 Å². The quantitative estimate of drug-likeness (QED) is 0.491. The van der Waals surface area contributed by atoms with Crippen LogP contribution in [0.2, 0.25) is 0 Å². The number of hydrogen-bond acceptors (Lipinski definition) is 6. The molecule has 1 aromatic carbocycles. The maximum absolute atomic E-state index is 13.5. The molecule has 9 heteroatoms. The molecule has 2 rings (SSSR count). The van der Waals surface area contributed by atoms with E-state index in [1.165, 1.54) is 25.3 Å². The number of rotatable bonds is 10. The van der Waals surface area contributed by atoms with E-state index >= 15 is 0 Å². The standard InChI is InChI=1S/C23H30FN3O4S/c1-7-19(31-5)14-18(28)12-13-20-21(15(2)3)25-23(27(4)32(6,29)30)26-22(20)16-8-10-17(24)11-9-16/h8-13,15,19H,7,14H2,1-6H3/b13-12+. The van der Waals surface area contributed by atoms with E-state index in [1.807, 2.05) is 20.8 Å². The van der Waals surface area contributed by atoms with Crippen LogP contribution in [-0.4, -0.2) is 50.7 Å². The van der Waals surface area contributed by atoms with Gasteiger partial charge in [-0.05, 0) is 48.8 Å². The zero-order chi connectivity index (χ0) is 24.1. The van der Waals surface area contributed by atoms with Crippen LogP contribution in [0.15, 0.2) is 30.3 Å². The van der Waals surface area contributed by atoms with Crippen molar-refractivity contribution < 1.29 is 22.3 Å². The van der Waals surface area contributed by atoms with Gasteiger partial charge < -0.3 is 4.74 Å². The fourth-order valence-corrected chi connectivity index (χ4v) is 3.44. The molecule has 1 atom stereocenters. The molecule has 0 bridgehead atoms. The van der Waals surface area contributed by atoms with E-state index in [0.717, 1.165) is 10.6 Å². The average molecular weight is 464 g/mol. The number of carbonyl (C=O) groups is 1. The molecule has 0 saturated carbocycles. The highest BCUT2D eigenvalue weighted by Crippen LogP contribution is 2.31. The van der Waals surface area contributed by atoms with E-state index in [9.17, 15) is 17.6 Å². The van der Waals surface area contributed by atoms with Gasteiger partial charge in [0.2, 0.25) is 16.0 Å². The van der Waals surface area contributed by atoms with Gasteiger partial charge in [-0.3, -0.25) is 4.79 Å². The Morgan fingerprint density at radius 1 is 1.22 bits per heavy atom. The number of allylic oxidation sites excluding steroid dienone is 1. The molecule has 0 aliphatic heterocycles. The average Bonchev–Trinajstić information content (AvgIpc) is 2.74. The highest BCUT2D eigenvalue weighted by molar-refractivity contribution is 7.92. The van der Waals surface area contributed by atoms with E-state index in [1.54, 1.807) is 25.3 Å². The number of ketones is 1. The summed E-state index contributed by atoms with van der Waals surface area (Å²) in [5, 5.41) is 0. The Kier molecular flexibility index (Phi) is 8.63. The van der Waals surface area contributed by atoms with Crippen molar-refractivity contribution in [3.8, 4) is 11.3 Å². The summed E-state index contributed by atoms with van der Waals surface area (Å²) in [6.45, 7) is 5.77. The minimum atomic E-state index is -3.60. The summed E-state index contributed by atoms with van der Waals surface area (Å²) >= 11 is 0. The van der Waals surface area contributed by atoms with E-state index in [0.29, 0.717) is 28.9 Å². The number of halogens is 1. The van der Waals surface area contributed by atoms with Crippen LogP contribution in [-0.2, 0) is 19.6 Å². The smallest absolute Gasteiger partial charge is 0.239 e. The summed E-state index contributed by atoms with van der Waals surface area (Å²) in [5.74, 6) is -0.612. The Balaban J connectivity index is 2.68. The van der Waals surface area contributed by atoms with Gasteiger partial charge in [0.25, 0.3) is 0 Å². The second-order valence-electron chi connectivity index (χ2n) is 7.83. The zero-order valence-corrected chi connectivity index (χ0v) is 20.1. The van der Waals surface area contributed by atoms with Crippen molar-refractivity contribution in [1.29, 1.82) is 0 Å². The highest BCUT2D eigenvalue weighted by atomic mass is 32.2. The number of hydrogen-bond donors (Lipinski definition) is 0. The van der Waals surface area contributed by atoms with E-state index in [-0.39, 0.29) is 30.2 Å². The number of ether oxygens (including phenoxy) is 1. The van der Waals surface area contributed by atoms with Crippen LogP contribution in [0.3, 0.4) is 0 Å². The van der Waals surface area contributed by atoms with Crippen molar-refractivity contribution in [1.82, 2.24) is 9.97 Å². The summed E-state index contributed by atoms with van der Waals surface area (Å²) in [7, 11) is -0.658. The van der Waals surface area contributed by atoms with Crippen LogP contribution in [0.5, 0.6) is 0 Å². The third-order valence-electron chi connectivity index (χ3n) is 5.06. The van der Waals surface area contributed by atoms with Crippen molar-refractivity contribution in [2.75, 3.05) is 24.7 Å². The number of methoxy groups -OCH3 is 1. The molecular weight excluding hydrogens is 433 g/mol. The summed E-state index contributed by atoms with van der Waals surface area (Å²) in [6.07, 6.45) is 4.94. The molecule has 32 heavy (non-hydrogen) atoms. The van der Waals surface area contributed by atoms with E-state index in [4.69, 9.17) is 4.74 Å². The number of sulfonamides is 1. The minimum Gasteiger partial charge on any atom is -0.381 e. The summed E-state index contributed by atoms with van der Waals surface area (Å²) in [4.78, 5) is 21.4. The second kappa shape index (κ2) is 10.8. The lowest BCUT2D eigenvalue weighted by Gasteiger charge is -2.20. The molecule has 0 saturated heterocycles. The van der Waals surface area contributed by atoms with Crippen LogP contribution in [0.25, 0.3) is 17.3 Å². The van der Waals surface area contributed by atoms with Crippen molar-refractivity contribution in [2.24, 2.45) is 0 Å². The summed E-state index contributed by atoms with van der Waals surface area (Å²) in [6, 6.07) is 5.72. The van der Waals surface area contributed by atoms with Gasteiger partial charge in [-0.1, -0.05) is 20.8 Å². The normalized spacial score (nSPS) is 13.0. The SMILES string of the molecule is CCC(CC(=O)/C=C/c1c(-c2ccc(F)cc2)nc(N(C)S(C)(=O)=O)nc1C(C)C)OC. The number of anilines is 1. The predicted octanol–water partition coefficient (Wildman–Crippen LogP) is 4.20. The molecule has 0 aliphatic rings. The van der Waals surface area contributed by atoms with E-state index in [2.05, 4.69) is 9.97 Å². The monoisotopic (exact) mass is 463 g/mol. The van der Waals surface area contributed by atoms with Crippen molar-refractivity contribution in [2.45, 2.75) is 45.6 Å². The second-order valence-corrected chi connectivity index (χ2v) is 9.85. The van der Waals surface area contributed by atoms with Gasteiger partial charge in [-0.25, -0.2) is 27.1 Å². The summed E-state index contributed by atoms with van der Waals surface area (Å²) < 4.78 is 44.0. The third kappa shape index (κ3) is 6.43. The number of aromatic nitrogens is 2. The van der Waals surface area contributed by atoms with E-state index < -0.39 is 15.8 Å². The Morgan fingerprint density at radius 2 is 1.84 bits per heavy atom. The molecule has 0 radical (unpaired) electrons. The van der Waals surface area contributed by atoms with Crippen LogP contribution < -0.4 is 4.31 Å². The molecule has 1 unspecified atom stereocenters. The van der Waals surface area contributed by atoms with Gasteiger partial charge in [-0.2, -0.15) is 0 Å². The van der Waals surface area contributed by atoms with Crippen LogP contribution in [0.4, 0.5) is 10.3 Å². The first-order chi connectivity index (χ1) is 15.0. The molecule has 7 nitrogen and oxygen atoms in total. The number of benzene rings is 1. The number of carbonyl (C=O) groups excluding carboxylic acids is 1. The lowest BCUT2D eigenvalue weighted by atomic mass is 9.97. The highest BCUT2D eigenvalue weighted by Gasteiger charge is 2.22. The van der Waals surface area contributed by atoms with Gasteiger partial charge >= 0.3 is 0 Å². The molecule has 0 spiro atoms. The molecule has 2 aromatic rings. The molecule has 1 heterocycles. The van der Waals surface area contributed by atoms with Gasteiger partial charge in [-0.15, -0.1) is 0 Å². The predicted molar refractivity (Wildman–Crippen MR) is 125 cm³/mol. The van der Waals surface area contributed by atoms with Crippen molar-refractivity contribution in [3.63, 3.8) is 0 Å². The summed E-state index contributed by atoms with van der Waals surface area (Å²) in [5.41, 5.74) is 2.15. The molecule has 0 N–H and O–H groups in total. The van der Waals surface area contributed by atoms with Gasteiger partial charge in [0.05, 0.1) is 23.7 Å².